The molecule has 0 aromatic heterocycles. The summed E-state index contributed by atoms with van der Waals surface area (Å²) in [5.74, 6) is 0.976. The summed E-state index contributed by atoms with van der Waals surface area (Å²) in [6.45, 7) is 1.67. The van der Waals surface area contributed by atoms with Gasteiger partial charge in [0.15, 0.2) is 9.84 Å². The third-order valence-corrected chi connectivity index (χ3v) is 6.05. The summed E-state index contributed by atoms with van der Waals surface area (Å²) in [4.78, 5) is 0.970. The molecule has 1 aromatic carbocycles. The summed E-state index contributed by atoms with van der Waals surface area (Å²) >= 11 is 3.69. The van der Waals surface area contributed by atoms with Gasteiger partial charge in [-0.15, -0.1) is 0 Å². The molecule has 1 unspecified atom stereocenters. The Morgan fingerprint density at radius 2 is 1.88 bits per heavy atom. The van der Waals surface area contributed by atoms with Crippen molar-refractivity contribution in [3.8, 4) is 0 Å². The lowest BCUT2D eigenvalue weighted by atomic mass is 10.1. The van der Waals surface area contributed by atoms with Gasteiger partial charge in [-0.2, -0.15) is 0 Å². The molecule has 1 saturated carbocycles. The number of sulfone groups is 1. The number of halogens is 1. The van der Waals surface area contributed by atoms with Crippen molar-refractivity contribution in [2.75, 3.05) is 5.75 Å². The molecule has 4 heteroatoms. The van der Waals surface area contributed by atoms with Gasteiger partial charge in [0.2, 0.25) is 0 Å². The van der Waals surface area contributed by atoms with Gasteiger partial charge < -0.3 is 0 Å². The van der Waals surface area contributed by atoms with E-state index in [2.05, 4.69) is 15.9 Å². The van der Waals surface area contributed by atoms with Crippen LogP contribution in [0, 0.1) is 5.92 Å². The van der Waals surface area contributed by atoms with Crippen molar-refractivity contribution in [1.29, 1.82) is 0 Å². The number of rotatable bonds is 5. The largest absolute Gasteiger partial charge is 0.224 e. The molecule has 0 spiro atoms. The second kappa shape index (κ2) is 5.11. The van der Waals surface area contributed by atoms with Crippen LogP contribution in [0.1, 0.15) is 25.3 Å². The Balaban J connectivity index is 2.07. The van der Waals surface area contributed by atoms with Crippen LogP contribution in [0.25, 0.3) is 0 Å². The topological polar surface area (TPSA) is 34.1 Å². The van der Waals surface area contributed by atoms with E-state index in [0.717, 1.165) is 12.3 Å². The maximum atomic E-state index is 11.6. The molecule has 17 heavy (non-hydrogen) atoms. The smallest absolute Gasteiger partial charge is 0.178 e. The molecule has 0 bridgehead atoms. The van der Waals surface area contributed by atoms with Crippen molar-refractivity contribution in [2.45, 2.75) is 35.9 Å². The monoisotopic (exact) mass is 316 g/mol. The normalized spacial score (nSPS) is 18.0. The maximum Gasteiger partial charge on any atom is 0.178 e. The molecule has 1 fully saturated rings. The highest BCUT2D eigenvalue weighted by molar-refractivity contribution is 9.09. The molecule has 0 N–H and O–H groups in total. The first-order chi connectivity index (χ1) is 8.03. The van der Waals surface area contributed by atoms with E-state index in [1.54, 1.807) is 19.1 Å². The molecule has 0 heterocycles. The Labute approximate surface area is 111 Å². The van der Waals surface area contributed by atoms with Gasteiger partial charge in [-0.25, -0.2) is 8.42 Å². The van der Waals surface area contributed by atoms with Crippen LogP contribution in [-0.4, -0.2) is 19.0 Å². The van der Waals surface area contributed by atoms with Gasteiger partial charge in [0, 0.05) is 4.83 Å². The van der Waals surface area contributed by atoms with Gasteiger partial charge in [0.05, 0.1) is 10.6 Å². The van der Waals surface area contributed by atoms with Crippen molar-refractivity contribution in [2.24, 2.45) is 5.92 Å². The predicted octanol–water partition coefficient (Wildman–Crippen LogP) is 3.20. The lowest BCUT2D eigenvalue weighted by Crippen LogP contribution is -2.06. The number of hydrogen-bond donors (Lipinski definition) is 0. The molecule has 0 saturated heterocycles. The van der Waals surface area contributed by atoms with Gasteiger partial charge in [-0.05, 0) is 42.9 Å². The zero-order valence-electron chi connectivity index (χ0n) is 9.90. The lowest BCUT2D eigenvalue weighted by molar-refractivity contribution is 0.597. The van der Waals surface area contributed by atoms with Crippen molar-refractivity contribution in [1.82, 2.24) is 0 Å². The standard InChI is InChI=1S/C13H17BrO2S/c1-2-17(15,16)12-7-3-10(4-8-12)9-13(14)11-5-6-11/h3-4,7-8,11,13H,2,5-6,9H2,1H3. The average molecular weight is 317 g/mol. The molecular weight excluding hydrogens is 300 g/mol. The first kappa shape index (κ1) is 13.1. The van der Waals surface area contributed by atoms with Crippen LogP contribution in [0.2, 0.25) is 0 Å². The molecule has 2 rings (SSSR count). The van der Waals surface area contributed by atoms with E-state index in [9.17, 15) is 8.42 Å². The van der Waals surface area contributed by atoms with E-state index in [4.69, 9.17) is 0 Å². The molecular formula is C13H17BrO2S. The fraction of sp³-hybridized carbons (Fsp3) is 0.538. The maximum absolute atomic E-state index is 11.6. The lowest BCUT2D eigenvalue weighted by Gasteiger charge is -2.08. The minimum atomic E-state index is -3.06. The summed E-state index contributed by atoms with van der Waals surface area (Å²) < 4.78 is 23.3. The van der Waals surface area contributed by atoms with Crippen molar-refractivity contribution >= 4 is 25.8 Å². The predicted molar refractivity (Wildman–Crippen MR) is 73.3 cm³/mol. The summed E-state index contributed by atoms with van der Waals surface area (Å²) in [6.07, 6.45) is 3.62. The third-order valence-electron chi connectivity index (χ3n) is 3.23. The van der Waals surface area contributed by atoms with E-state index < -0.39 is 9.84 Å². The highest BCUT2D eigenvalue weighted by Crippen LogP contribution is 2.38. The quantitative estimate of drug-likeness (QED) is 0.782. The fourth-order valence-corrected chi connectivity index (χ4v) is 3.64. The van der Waals surface area contributed by atoms with Crippen LogP contribution in [0.5, 0.6) is 0 Å². The first-order valence-electron chi connectivity index (χ1n) is 5.98. The molecule has 94 valence electrons. The SMILES string of the molecule is CCS(=O)(=O)c1ccc(CC(Br)C2CC2)cc1. The Morgan fingerprint density at radius 1 is 1.29 bits per heavy atom. The number of benzene rings is 1. The molecule has 0 aliphatic heterocycles. The van der Waals surface area contributed by atoms with E-state index in [1.807, 2.05) is 12.1 Å². The van der Waals surface area contributed by atoms with E-state index >= 15 is 0 Å². The highest BCUT2D eigenvalue weighted by Gasteiger charge is 2.29. The Morgan fingerprint density at radius 3 is 2.35 bits per heavy atom. The van der Waals surface area contributed by atoms with E-state index in [0.29, 0.717) is 9.72 Å². The fourth-order valence-electron chi connectivity index (χ4n) is 1.85. The second-order valence-electron chi connectivity index (χ2n) is 4.60. The van der Waals surface area contributed by atoms with Crippen molar-refractivity contribution < 1.29 is 8.42 Å². The Bertz CT molecular complexity index is 475. The molecule has 1 aliphatic rings. The summed E-state index contributed by atoms with van der Waals surface area (Å²) in [7, 11) is -3.06. The highest BCUT2D eigenvalue weighted by atomic mass is 79.9. The van der Waals surface area contributed by atoms with E-state index in [-0.39, 0.29) is 5.75 Å². The Kier molecular flexibility index (Phi) is 3.93. The first-order valence-corrected chi connectivity index (χ1v) is 8.55. The number of alkyl halides is 1. The molecule has 1 aromatic rings. The zero-order chi connectivity index (χ0) is 12.5. The van der Waals surface area contributed by atoms with Gasteiger partial charge in [0.1, 0.15) is 0 Å². The van der Waals surface area contributed by atoms with Crippen LogP contribution in [-0.2, 0) is 16.3 Å². The summed E-state index contributed by atoms with van der Waals surface area (Å²) in [5, 5.41) is 0. The van der Waals surface area contributed by atoms with Gasteiger partial charge in [-0.3, -0.25) is 0 Å². The minimum Gasteiger partial charge on any atom is -0.224 e. The molecule has 0 radical (unpaired) electrons. The van der Waals surface area contributed by atoms with Crippen LogP contribution < -0.4 is 0 Å². The van der Waals surface area contributed by atoms with Crippen LogP contribution in [0.15, 0.2) is 29.2 Å². The van der Waals surface area contributed by atoms with E-state index in [1.165, 1.54) is 18.4 Å². The molecule has 1 atom stereocenters. The van der Waals surface area contributed by atoms with Crippen molar-refractivity contribution in [3.63, 3.8) is 0 Å². The van der Waals surface area contributed by atoms with Crippen LogP contribution in [0.3, 0.4) is 0 Å². The Hall–Kier alpha value is -0.350. The summed E-state index contributed by atoms with van der Waals surface area (Å²) in [5.41, 5.74) is 1.20. The zero-order valence-corrected chi connectivity index (χ0v) is 12.3. The second-order valence-corrected chi connectivity index (χ2v) is 8.06. The molecule has 0 amide bonds. The number of hydrogen-bond acceptors (Lipinski definition) is 2. The van der Waals surface area contributed by atoms with Crippen molar-refractivity contribution in [3.05, 3.63) is 29.8 Å². The van der Waals surface area contributed by atoms with Gasteiger partial charge in [0.25, 0.3) is 0 Å². The van der Waals surface area contributed by atoms with Crippen LogP contribution in [0.4, 0.5) is 0 Å². The summed E-state index contributed by atoms with van der Waals surface area (Å²) in [6, 6.07) is 7.31. The van der Waals surface area contributed by atoms with Gasteiger partial charge in [-0.1, -0.05) is 35.0 Å². The van der Waals surface area contributed by atoms with Crippen LogP contribution >= 0.6 is 15.9 Å². The molecule has 1 aliphatic carbocycles. The third kappa shape index (κ3) is 3.32. The van der Waals surface area contributed by atoms with Gasteiger partial charge >= 0.3 is 0 Å². The minimum absolute atomic E-state index is 0.162. The molecule has 2 nitrogen and oxygen atoms in total. The average Bonchev–Trinajstić information content (AvgIpc) is 3.13.